The van der Waals surface area contributed by atoms with Crippen LogP contribution >= 0.6 is 22.6 Å². The van der Waals surface area contributed by atoms with Crippen molar-refractivity contribution in [3.63, 3.8) is 0 Å². The fourth-order valence-electron chi connectivity index (χ4n) is 4.52. The van der Waals surface area contributed by atoms with Crippen molar-refractivity contribution in [3.05, 3.63) is 33.4 Å². The van der Waals surface area contributed by atoms with Gasteiger partial charge in [0.25, 0.3) is 0 Å². The maximum absolute atomic E-state index is 5.14. The van der Waals surface area contributed by atoms with E-state index in [4.69, 9.17) is 4.84 Å². The summed E-state index contributed by atoms with van der Waals surface area (Å²) in [5.74, 6) is 2.94. The van der Waals surface area contributed by atoms with Gasteiger partial charge in [0.05, 0.1) is 5.71 Å². The van der Waals surface area contributed by atoms with Crippen LogP contribution in [0.4, 0.5) is 0 Å². The predicted octanol–water partition coefficient (Wildman–Crippen LogP) is 5.22. The number of oxime groups is 1. The van der Waals surface area contributed by atoms with Crippen molar-refractivity contribution in [3.8, 4) is 0 Å². The lowest BCUT2D eigenvalue weighted by Gasteiger charge is -2.37. The molecular formula is C18H24INO. The average Bonchev–Trinajstić information content (AvgIpc) is 2.88. The van der Waals surface area contributed by atoms with Gasteiger partial charge in [-0.2, -0.15) is 0 Å². The number of rotatable bonds is 4. The Morgan fingerprint density at radius 2 is 2.00 bits per heavy atom. The van der Waals surface area contributed by atoms with Gasteiger partial charge in [0.1, 0.15) is 7.11 Å². The summed E-state index contributed by atoms with van der Waals surface area (Å²) in [6.45, 7) is 2.21. The number of hydrogen-bond donors (Lipinski definition) is 0. The number of halogens is 1. The molecule has 0 saturated heterocycles. The molecule has 1 aromatic rings. The molecule has 0 spiro atoms. The van der Waals surface area contributed by atoms with Crippen LogP contribution in [-0.4, -0.2) is 12.8 Å². The molecule has 0 radical (unpaired) electrons. The van der Waals surface area contributed by atoms with Crippen molar-refractivity contribution >= 4 is 28.3 Å². The fourth-order valence-corrected chi connectivity index (χ4v) is 4.88. The Kier molecular flexibility index (Phi) is 4.87. The van der Waals surface area contributed by atoms with Gasteiger partial charge in [-0.1, -0.05) is 30.6 Å². The Morgan fingerprint density at radius 1 is 1.24 bits per heavy atom. The topological polar surface area (TPSA) is 21.6 Å². The van der Waals surface area contributed by atoms with Gasteiger partial charge in [0, 0.05) is 9.49 Å². The highest BCUT2D eigenvalue weighted by Crippen LogP contribution is 2.52. The van der Waals surface area contributed by atoms with E-state index in [2.05, 4.69) is 58.9 Å². The van der Waals surface area contributed by atoms with Crippen molar-refractivity contribution in [1.82, 2.24) is 0 Å². The smallest absolute Gasteiger partial charge is 0.106 e. The minimum atomic E-state index is 0.578. The van der Waals surface area contributed by atoms with E-state index in [1.165, 1.54) is 40.5 Å². The zero-order chi connectivity index (χ0) is 14.8. The molecule has 0 heterocycles. The average molecular weight is 397 g/mol. The van der Waals surface area contributed by atoms with E-state index in [-0.39, 0.29) is 0 Å². The molecule has 2 saturated carbocycles. The fraction of sp³-hybridized carbons (Fsp3) is 0.611. The summed E-state index contributed by atoms with van der Waals surface area (Å²) in [6, 6.07) is 9.12. The third-order valence-corrected chi connectivity index (χ3v) is 6.08. The first-order chi connectivity index (χ1) is 10.2. The SMILES string of the molecule is CCC(=NOC)[C@@H]1[C@H]2CCC(C2)C[C@@H]1c1ccc(I)cc1. The molecule has 4 atom stereocenters. The lowest BCUT2D eigenvalue weighted by Crippen LogP contribution is -2.32. The number of hydrogen-bond acceptors (Lipinski definition) is 2. The maximum atomic E-state index is 5.14. The molecule has 2 aliphatic rings. The third-order valence-electron chi connectivity index (χ3n) is 5.36. The summed E-state index contributed by atoms with van der Waals surface area (Å²) in [5, 5.41) is 4.39. The molecule has 2 fully saturated rings. The maximum Gasteiger partial charge on any atom is 0.106 e. The zero-order valence-electron chi connectivity index (χ0n) is 12.9. The molecule has 1 unspecified atom stereocenters. The molecule has 1 aromatic carbocycles. The summed E-state index contributed by atoms with van der Waals surface area (Å²) in [7, 11) is 1.68. The minimum absolute atomic E-state index is 0.578. The standard InChI is InChI=1S/C18H24INO/c1-3-17(20-21-2)18-14-5-4-12(10-14)11-16(18)13-6-8-15(19)9-7-13/h6-9,12,14,16,18H,3-5,10-11H2,1-2H3/t12?,14-,16+,18+/m0/s1. The zero-order valence-corrected chi connectivity index (χ0v) is 15.0. The van der Waals surface area contributed by atoms with E-state index in [1.807, 2.05) is 0 Å². The van der Waals surface area contributed by atoms with Gasteiger partial charge in [-0.05, 0) is 83.7 Å². The van der Waals surface area contributed by atoms with Crippen molar-refractivity contribution in [1.29, 1.82) is 0 Å². The second-order valence-corrected chi connectivity index (χ2v) is 7.72. The van der Waals surface area contributed by atoms with Crippen LogP contribution < -0.4 is 0 Å². The van der Waals surface area contributed by atoms with Gasteiger partial charge in [-0.15, -0.1) is 0 Å². The molecule has 114 valence electrons. The summed E-state index contributed by atoms with van der Waals surface area (Å²) < 4.78 is 1.31. The van der Waals surface area contributed by atoms with E-state index < -0.39 is 0 Å². The van der Waals surface area contributed by atoms with Crippen LogP contribution in [0, 0.1) is 21.3 Å². The van der Waals surface area contributed by atoms with Crippen LogP contribution in [0.2, 0.25) is 0 Å². The van der Waals surface area contributed by atoms with Crippen LogP contribution in [0.3, 0.4) is 0 Å². The van der Waals surface area contributed by atoms with E-state index in [0.29, 0.717) is 11.8 Å². The van der Waals surface area contributed by atoms with Crippen LogP contribution in [-0.2, 0) is 4.84 Å². The van der Waals surface area contributed by atoms with Gasteiger partial charge in [0.2, 0.25) is 0 Å². The first kappa shape index (κ1) is 15.3. The Labute approximate surface area is 141 Å². The molecule has 3 rings (SSSR count). The molecule has 2 aliphatic carbocycles. The first-order valence-electron chi connectivity index (χ1n) is 8.08. The van der Waals surface area contributed by atoms with E-state index in [1.54, 1.807) is 7.11 Å². The molecule has 2 bridgehead atoms. The van der Waals surface area contributed by atoms with Crippen molar-refractivity contribution in [2.45, 2.75) is 44.9 Å². The Bertz CT molecular complexity index is 510. The quantitative estimate of drug-likeness (QED) is 0.388. The van der Waals surface area contributed by atoms with Crippen molar-refractivity contribution in [2.75, 3.05) is 7.11 Å². The Balaban J connectivity index is 1.95. The molecule has 0 aliphatic heterocycles. The summed E-state index contributed by atoms with van der Waals surface area (Å²) >= 11 is 2.38. The van der Waals surface area contributed by atoms with Crippen molar-refractivity contribution < 1.29 is 4.84 Å². The van der Waals surface area contributed by atoms with Crippen LogP contribution in [0.1, 0.15) is 50.5 Å². The van der Waals surface area contributed by atoms with Gasteiger partial charge < -0.3 is 4.84 Å². The first-order valence-corrected chi connectivity index (χ1v) is 9.16. The van der Waals surface area contributed by atoms with E-state index >= 15 is 0 Å². The van der Waals surface area contributed by atoms with Crippen LogP contribution in [0.5, 0.6) is 0 Å². The number of nitrogens with zero attached hydrogens (tertiary/aromatic N) is 1. The van der Waals surface area contributed by atoms with Crippen LogP contribution in [0.25, 0.3) is 0 Å². The van der Waals surface area contributed by atoms with Crippen LogP contribution in [0.15, 0.2) is 29.4 Å². The predicted molar refractivity (Wildman–Crippen MR) is 95.6 cm³/mol. The largest absolute Gasteiger partial charge is 0.399 e. The Hall–Kier alpha value is -0.580. The minimum Gasteiger partial charge on any atom is -0.399 e. The molecule has 0 amide bonds. The molecule has 2 nitrogen and oxygen atoms in total. The molecule has 3 heteroatoms. The highest BCUT2D eigenvalue weighted by Gasteiger charge is 2.44. The molecule has 0 N–H and O–H groups in total. The second-order valence-electron chi connectivity index (χ2n) is 6.48. The highest BCUT2D eigenvalue weighted by molar-refractivity contribution is 14.1. The molecule has 0 aromatic heterocycles. The van der Waals surface area contributed by atoms with E-state index in [9.17, 15) is 0 Å². The van der Waals surface area contributed by atoms with Crippen molar-refractivity contribution in [2.24, 2.45) is 22.9 Å². The molecule has 21 heavy (non-hydrogen) atoms. The third kappa shape index (κ3) is 3.13. The lowest BCUT2D eigenvalue weighted by atomic mass is 9.67. The number of fused-ring (bicyclic) bond motifs is 2. The normalized spacial score (nSPS) is 32.2. The van der Waals surface area contributed by atoms with Gasteiger partial charge in [-0.3, -0.25) is 0 Å². The second kappa shape index (κ2) is 6.67. The lowest BCUT2D eigenvalue weighted by molar-refractivity contribution is 0.200. The Morgan fingerprint density at radius 3 is 2.67 bits per heavy atom. The summed E-state index contributed by atoms with van der Waals surface area (Å²) in [6.07, 6.45) is 6.50. The highest BCUT2D eigenvalue weighted by atomic mass is 127. The van der Waals surface area contributed by atoms with Gasteiger partial charge >= 0.3 is 0 Å². The monoisotopic (exact) mass is 397 g/mol. The van der Waals surface area contributed by atoms with Gasteiger partial charge in [0.15, 0.2) is 0 Å². The van der Waals surface area contributed by atoms with Gasteiger partial charge in [-0.25, -0.2) is 0 Å². The van der Waals surface area contributed by atoms with E-state index in [0.717, 1.165) is 18.3 Å². The summed E-state index contributed by atoms with van der Waals surface area (Å²) in [4.78, 5) is 5.14. The summed E-state index contributed by atoms with van der Waals surface area (Å²) in [5.41, 5.74) is 2.76. The number of benzene rings is 1. The molecular weight excluding hydrogens is 373 g/mol.